The van der Waals surface area contributed by atoms with Crippen molar-refractivity contribution in [3.8, 4) is 0 Å². The maximum absolute atomic E-state index is 12.2. The fraction of sp³-hybridized carbons (Fsp3) is 0.562. The molecule has 6 heteroatoms. The Morgan fingerprint density at radius 1 is 1.09 bits per heavy atom. The number of nitrogens with two attached hydrogens (primary N) is 1. The first-order chi connectivity index (χ1) is 9.74. The summed E-state index contributed by atoms with van der Waals surface area (Å²) in [4.78, 5) is 16.8. The Hall–Kier alpha value is -0.970. The van der Waals surface area contributed by atoms with Crippen molar-refractivity contribution in [2.24, 2.45) is 0 Å². The quantitative estimate of drug-likeness (QED) is 0.852. The first-order valence-electron chi connectivity index (χ1n) is 7.59. The third-order valence-electron chi connectivity index (χ3n) is 4.39. The van der Waals surface area contributed by atoms with Gasteiger partial charge in [0.05, 0.1) is 0 Å². The summed E-state index contributed by atoms with van der Waals surface area (Å²) >= 11 is 0. The van der Waals surface area contributed by atoms with E-state index in [1.165, 1.54) is 12.8 Å². The molecule has 2 fully saturated rings. The lowest BCUT2D eigenvalue weighted by atomic mass is 10.1. The van der Waals surface area contributed by atoms with E-state index in [1.807, 2.05) is 29.2 Å². The number of nitrogen functional groups attached to an aromatic ring is 1. The summed E-state index contributed by atoms with van der Waals surface area (Å²) in [5, 5.41) is 0. The third kappa shape index (κ3) is 4.77. The lowest BCUT2D eigenvalue weighted by molar-refractivity contribution is -0.133. The summed E-state index contributed by atoms with van der Waals surface area (Å²) in [6.07, 6.45) is 4.01. The fourth-order valence-corrected chi connectivity index (χ4v) is 2.94. The molecule has 1 saturated heterocycles. The van der Waals surface area contributed by atoms with E-state index in [1.54, 1.807) is 0 Å². The number of amides is 1. The summed E-state index contributed by atoms with van der Waals surface area (Å²) in [6, 6.07) is 8.63. The van der Waals surface area contributed by atoms with Crippen molar-refractivity contribution in [2.75, 3.05) is 31.9 Å². The zero-order valence-corrected chi connectivity index (χ0v) is 14.4. The van der Waals surface area contributed by atoms with Crippen LogP contribution in [-0.4, -0.2) is 47.9 Å². The topological polar surface area (TPSA) is 49.6 Å². The van der Waals surface area contributed by atoms with Gasteiger partial charge in [-0.1, -0.05) is 18.2 Å². The lowest BCUT2D eigenvalue weighted by Crippen LogP contribution is -2.49. The molecular formula is C16H25Cl2N3O. The monoisotopic (exact) mass is 345 g/mol. The van der Waals surface area contributed by atoms with E-state index in [9.17, 15) is 4.79 Å². The maximum atomic E-state index is 12.2. The zero-order valence-electron chi connectivity index (χ0n) is 12.7. The van der Waals surface area contributed by atoms with Gasteiger partial charge in [-0.15, -0.1) is 24.8 Å². The van der Waals surface area contributed by atoms with E-state index in [0.717, 1.165) is 49.9 Å². The van der Waals surface area contributed by atoms with Crippen LogP contribution in [0.5, 0.6) is 0 Å². The van der Waals surface area contributed by atoms with Crippen molar-refractivity contribution in [3.05, 3.63) is 29.8 Å². The van der Waals surface area contributed by atoms with Gasteiger partial charge in [0.2, 0.25) is 5.91 Å². The Balaban J connectivity index is 0.00000121. The van der Waals surface area contributed by atoms with E-state index in [-0.39, 0.29) is 30.7 Å². The number of halogens is 2. The minimum atomic E-state index is 0. The van der Waals surface area contributed by atoms with Gasteiger partial charge >= 0.3 is 0 Å². The standard InChI is InChI=1S/C16H23N3O.2ClH/c17-15-4-2-1-3-13(15)5-8-16(20)19-11-9-18(10-12-19)14-6-7-14;;/h1-4,14H,5-12,17H2;2*1H. The van der Waals surface area contributed by atoms with Crippen LogP contribution >= 0.6 is 24.8 Å². The predicted octanol–water partition coefficient (Wildman–Crippen LogP) is 2.35. The number of carbonyl (C=O) groups is 1. The molecule has 124 valence electrons. The maximum Gasteiger partial charge on any atom is 0.222 e. The molecule has 1 aromatic rings. The Morgan fingerprint density at radius 2 is 1.73 bits per heavy atom. The summed E-state index contributed by atoms with van der Waals surface area (Å²) in [6.45, 7) is 3.87. The van der Waals surface area contributed by atoms with Crippen molar-refractivity contribution in [1.29, 1.82) is 0 Å². The molecule has 0 aromatic heterocycles. The molecule has 1 aromatic carbocycles. The molecule has 0 spiro atoms. The molecule has 1 amide bonds. The number of para-hydroxylation sites is 1. The Morgan fingerprint density at radius 3 is 2.32 bits per heavy atom. The molecule has 22 heavy (non-hydrogen) atoms. The first kappa shape index (κ1) is 19.1. The molecule has 2 N–H and O–H groups in total. The zero-order chi connectivity index (χ0) is 13.9. The number of piperazine rings is 1. The third-order valence-corrected chi connectivity index (χ3v) is 4.39. The molecule has 1 heterocycles. The van der Waals surface area contributed by atoms with Gasteiger partial charge in [0.1, 0.15) is 0 Å². The molecule has 0 bridgehead atoms. The van der Waals surface area contributed by atoms with Crippen molar-refractivity contribution in [1.82, 2.24) is 9.80 Å². The van der Waals surface area contributed by atoms with E-state index >= 15 is 0 Å². The molecule has 4 nitrogen and oxygen atoms in total. The molecule has 1 aliphatic carbocycles. The van der Waals surface area contributed by atoms with Gasteiger partial charge in [-0.2, -0.15) is 0 Å². The summed E-state index contributed by atoms with van der Waals surface area (Å²) < 4.78 is 0. The highest BCUT2D eigenvalue weighted by atomic mass is 35.5. The Bertz CT molecular complexity index is 486. The van der Waals surface area contributed by atoms with Crippen molar-refractivity contribution in [3.63, 3.8) is 0 Å². The molecule has 1 saturated carbocycles. The van der Waals surface area contributed by atoms with E-state index < -0.39 is 0 Å². The molecule has 0 atom stereocenters. The smallest absolute Gasteiger partial charge is 0.222 e. The number of aryl methyl sites for hydroxylation is 1. The van der Waals surface area contributed by atoms with Crippen LogP contribution in [0.3, 0.4) is 0 Å². The molecule has 2 aliphatic rings. The van der Waals surface area contributed by atoms with Crippen molar-refractivity contribution < 1.29 is 4.79 Å². The minimum Gasteiger partial charge on any atom is -0.399 e. The number of hydrogen-bond acceptors (Lipinski definition) is 3. The molecule has 0 radical (unpaired) electrons. The number of anilines is 1. The summed E-state index contributed by atoms with van der Waals surface area (Å²) in [5.74, 6) is 0.267. The SMILES string of the molecule is Cl.Cl.Nc1ccccc1CCC(=O)N1CCN(C2CC2)CC1. The van der Waals surface area contributed by atoms with E-state index in [2.05, 4.69) is 4.90 Å². The van der Waals surface area contributed by atoms with Gasteiger partial charge in [-0.05, 0) is 30.9 Å². The largest absolute Gasteiger partial charge is 0.399 e. The number of rotatable bonds is 4. The second kappa shape index (κ2) is 8.61. The molecule has 3 rings (SSSR count). The second-order valence-electron chi connectivity index (χ2n) is 5.85. The van der Waals surface area contributed by atoms with Gasteiger partial charge in [0.25, 0.3) is 0 Å². The van der Waals surface area contributed by atoms with Crippen LogP contribution in [0.15, 0.2) is 24.3 Å². The predicted molar refractivity (Wildman–Crippen MR) is 94.8 cm³/mol. The van der Waals surface area contributed by atoms with Crippen LogP contribution in [0.4, 0.5) is 5.69 Å². The van der Waals surface area contributed by atoms with Crippen LogP contribution in [0.25, 0.3) is 0 Å². The van der Waals surface area contributed by atoms with Crippen LogP contribution in [0.1, 0.15) is 24.8 Å². The van der Waals surface area contributed by atoms with Crippen LogP contribution < -0.4 is 5.73 Å². The van der Waals surface area contributed by atoms with Gasteiger partial charge in [-0.25, -0.2) is 0 Å². The highest BCUT2D eigenvalue weighted by Crippen LogP contribution is 2.27. The van der Waals surface area contributed by atoms with Crippen LogP contribution in [0, 0.1) is 0 Å². The average molecular weight is 346 g/mol. The number of carbonyl (C=O) groups excluding carboxylic acids is 1. The van der Waals surface area contributed by atoms with E-state index in [4.69, 9.17) is 5.73 Å². The minimum absolute atomic E-state index is 0. The molecule has 0 unspecified atom stereocenters. The molecule has 1 aliphatic heterocycles. The fourth-order valence-electron chi connectivity index (χ4n) is 2.94. The number of hydrogen-bond donors (Lipinski definition) is 1. The highest BCUT2D eigenvalue weighted by Gasteiger charge is 2.32. The van der Waals surface area contributed by atoms with Gasteiger partial charge in [0, 0.05) is 44.3 Å². The van der Waals surface area contributed by atoms with Gasteiger partial charge in [0.15, 0.2) is 0 Å². The summed E-state index contributed by atoms with van der Waals surface area (Å²) in [5.41, 5.74) is 7.78. The summed E-state index contributed by atoms with van der Waals surface area (Å²) in [7, 11) is 0. The Kier molecular flexibility index (Phi) is 7.46. The number of nitrogens with zero attached hydrogens (tertiary/aromatic N) is 2. The average Bonchev–Trinajstić information content (AvgIpc) is 3.31. The van der Waals surface area contributed by atoms with Gasteiger partial charge in [-0.3, -0.25) is 9.69 Å². The first-order valence-corrected chi connectivity index (χ1v) is 7.59. The van der Waals surface area contributed by atoms with Crippen molar-refractivity contribution >= 4 is 36.4 Å². The number of benzene rings is 1. The van der Waals surface area contributed by atoms with Crippen LogP contribution in [-0.2, 0) is 11.2 Å². The van der Waals surface area contributed by atoms with E-state index in [0.29, 0.717) is 6.42 Å². The Labute approximate surface area is 144 Å². The second-order valence-corrected chi connectivity index (χ2v) is 5.85. The lowest BCUT2D eigenvalue weighted by Gasteiger charge is -2.34. The molecular weight excluding hydrogens is 321 g/mol. The van der Waals surface area contributed by atoms with Crippen LogP contribution in [0.2, 0.25) is 0 Å². The normalized spacial score (nSPS) is 18.3. The highest BCUT2D eigenvalue weighted by molar-refractivity contribution is 5.85. The van der Waals surface area contributed by atoms with Crippen molar-refractivity contribution in [2.45, 2.75) is 31.7 Å². The van der Waals surface area contributed by atoms with Gasteiger partial charge < -0.3 is 10.6 Å².